The molecule has 0 saturated carbocycles. The lowest BCUT2D eigenvalue weighted by molar-refractivity contribution is -0.139. The molecule has 3 aliphatic heterocycles. The van der Waals surface area contributed by atoms with Crippen LogP contribution in [-0.2, 0) is 16.0 Å². The summed E-state index contributed by atoms with van der Waals surface area (Å²) in [5.41, 5.74) is 4.56. The summed E-state index contributed by atoms with van der Waals surface area (Å²) in [5, 5.41) is 0. The number of nitrogens with zero attached hydrogens (tertiary/aromatic N) is 1. The molecule has 1 aromatic rings. The molecule has 5 nitrogen and oxygen atoms in total. The Balaban J connectivity index is 1.78. The quantitative estimate of drug-likeness (QED) is 0.785. The van der Waals surface area contributed by atoms with Gasteiger partial charge in [-0.2, -0.15) is 0 Å². The van der Waals surface area contributed by atoms with Crippen LogP contribution in [0.5, 0.6) is 11.5 Å². The van der Waals surface area contributed by atoms with Crippen molar-refractivity contribution in [2.24, 2.45) is 0 Å². The Hall–Kier alpha value is -2.17. The van der Waals surface area contributed by atoms with Crippen molar-refractivity contribution in [2.75, 3.05) is 20.8 Å². The first-order valence-electron chi connectivity index (χ1n) is 8.09. The SMILES string of the molecule is COc1cc2c(cc1OC)[C@@H]1CCC3=C([C@@H](C)OC3=O)N1CC2. The third-order valence-corrected chi connectivity index (χ3v) is 5.20. The highest BCUT2D eigenvalue weighted by Crippen LogP contribution is 2.47. The molecule has 122 valence electrons. The van der Waals surface area contributed by atoms with Crippen LogP contribution < -0.4 is 9.47 Å². The Morgan fingerprint density at radius 1 is 1.17 bits per heavy atom. The van der Waals surface area contributed by atoms with Crippen molar-refractivity contribution in [1.29, 1.82) is 0 Å². The van der Waals surface area contributed by atoms with Crippen LogP contribution in [0.4, 0.5) is 0 Å². The molecule has 3 heterocycles. The monoisotopic (exact) mass is 315 g/mol. The van der Waals surface area contributed by atoms with Crippen molar-refractivity contribution in [1.82, 2.24) is 4.90 Å². The van der Waals surface area contributed by atoms with Gasteiger partial charge >= 0.3 is 5.97 Å². The van der Waals surface area contributed by atoms with Gasteiger partial charge in [0.25, 0.3) is 0 Å². The lowest BCUT2D eigenvalue weighted by Crippen LogP contribution is -2.39. The Morgan fingerprint density at radius 2 is 1.91 bits per heavy atom. The number of cyclic esters (lactones) is 1. The first-order chi connectivity index (χ1) is 11.1. The topological polar surface area (TPSA) is 48.0 Å². The van der Waals surface area contributed by atoms with Gasteiger partial charge in [0.15, 0.2) is 11.5 Å². The second-order valence-electron chi connectivity index (χ2n) is 6.32. The molecule has 0 bridgehead atoms. The van der Waals surface area contributed by atoms with Crippen LogP contribution >= 0.6 is 0 Å². The molecule has 5 heteroatoms. The molecule has 1 aromatic carbocycles. The smallest absolute Gasteiger partial charge is 0.336 e. The Kier molecular flexibility index (Phi) is 3.25. The maximum Gasteiger partial charge on any atom is 0.336 e. The van der Waals surface area contributed by atoms with Crippen molar-refractivity contribution >= 4 is 5.97 Å². The number of hydrogen-bond donors (Lipinski definition) is 0. The van der Waals surface area contributed by atoms with Gasteiger partial charge in [-0.25, -0.2) is 4.79 Å². The van der Waals surface area contributed by atoms with E-state index in [-0.39, 0.29) is 18.1 Å². The van der Waals surface area contributed by atoms with Crippen LogP contribution in [0.25, 0.3) is 0 Å². The second-order valence-corrected chi connectivity index (χ2v) is 6.32. The molecule has 23 heavy (non-hydrogen) atoms. The molecule has 0 N–H and O–H groups in total. The molecule has 0 spiro atoms. The predicted molar refractivity (Wildman–Crippen MR) is 84.5 cm³/mol. The van der Waals surface area contributed by atoms with Crippen LogP contribution in [0.3, 0.4) is 0 Å². The lowest BCUT2D eigenvalue weighted by Gasteiger charge is -2.43. The lowest BCUT2D eigenvalue weighted by atomic mass is 9.84. The van der Waals surface area contributed by atoms with E-state index in [0.29, 0.717) is 0 Å². The number of hydrogen-bond acceptors (Lipinski definition) is 5. The largest absolute Gasteiger partial charge is 0.493 e. The van der Waals surface area contributed by atoms with Crippen molar-refractivity contribution < 1.29 is 19.0 Å². The van der Waals surface area contributed by atoms with Gasteiger partial charge in [-0.15, -0.1) is 0 Å². The molecule has 0 aliphatic carbocycles. The van der Waals surface area contributed by atoms with Crippen molar-refractivity contribution in [3.63, 3.8) is 0 Å². The Bertz CT molecular complexity index is 709. The summed E-state index contributed by atoms with van der Waals surface area (Å²) in [6, 6.07) is 4.47. The molecular weight excluding hydrogens is 294 g/mol. The minimum absolute atomic E-state index is 0.135. The third kappa shape index (κ3) is 2.02. The van der Waals surface area contributed by atoms with Gasteiger partial charge in [0.1, 0.15) is 6.10 Å². The first-order valence-corrected chi connectivity index (χ1v) is 8.09. The number of benzene rings is 1. The second kappa shape index (κ2) is 5.18. The van der Waals surface area contributed by atoms with Crippen LogP contribution in [0, 0.1) is 0 Å². The van der Waals surface area contributed by atoms with Gasteiger partial charge in [0, 0.05) is 6.54 Å². The average Bonchev–Trinajstić information content (AvgIpc) is 2.87. The van der Waals surface area contributed by atoms with Crippen LogP contribution in [0.15, 0.2) is 23.4 Å². The third-order valence-electron chi connectivity index (χ3n) is 5.20. The highest BCUT2D eigenvalue weighted by atomic mass is 16.5. The molecular formula is C18H21NO4. The summed E-state index contributed by atoms with van der Waals surface area (Å²) in [6.45, 7) is 2.87. The van der Waals surface area contributed by atoms with E-state index in [1.54, 1.807) is 14.2 Å². The normalized spacial score (nSPS) is 25.5. The van der Waals surface area contributed by atoms with E-state index in [1.807, 2.05) is 6.92 Å². The number of rotatable bonds is 2. The van der Waals surface area contributed by atoms with Crippen molar-refractivity contribution in [2.45, 2.75) is 38.3 Å². The van der Waals surface area contributed by atoms with Gasteiger partial charge in [0.2, 0.25) is 0 Å². The van der Waals surface area contributed by atoms with E-state index in [1.165, 1.54) is 11.1 Å². The van der Waals surface area contributed by atoms with Crippen LogP contribution in [0.1, 0.15) is 36.9 Å². The Labute approximate surface area is 135 Å². The summed E-state index contributed by atoms with van der Waals surface area (Å²) >= 11 is 0. The molecule has 4 rings (SSSR count). The number of carbonyl (C=O) groups is 1. The summed E-state index contributed by atoms with van der Waals surface area (Å²) in [5.74, 6) is 1.41. The zero-order chi connectivity index (χ0) is 16.1. The molecule has 0 amide bonds. The van der Waals surface area contributed by atoms with Crippen molar-refractivity contribution in [3.8, 4) is 11.5 Å². The van der Waals surface area contributed by atoms with E-state index >= 15 is 0 Å². The molecule has 0 radical (unpaired) electrons. The fraction of sp³-hybridized carbons (Fsp3) is 0.500. The number of ether oxygens (including phenoxy) is 3. The summed E-state index contributed by atoms with van der Waals surface area (Å²) in [7, 11) is 3.33. The zero-order valence-corrected chi connectivity index (χ0v) is 13.7. The highest BCUT2D eigenvalue weighted by molar-refractivity contribution is 5.92. The first kappa shape index (κ1) is 14.4. The number of carbonyl (C=O) groups excluding carboxylic acids is 1. The summed E-state index contributed by atoms with van der Waals surface area (Å²) < 4.78 is 16.3. The van der Waals surface area contributed by atoms with E-state index in [0.717, 1.165) is 48.6 Å². The van der Waals surface area contributed by atoms with Crippen molar-refractivity contribution in [3.05, 3.63) is 34.5 Å². The minimum Gasteiger partial charge on any atom is -0.493 e. The molecule has 0 unspecified atom stereocenters. The van der Waals surface area contributed by atoms with Gasteiger partial charge < -0.3 is 19.1 Å². The fourth-order valence-corrected chi connectivity index (χ4v) is 4.18. The summed E-state index contributed by atoms with van der Waals surface area (Å²) in [6.07, 6.45) is 2.52. The van der Waals surface area contributed by atoms with Gasteiger partial charge in [-0.05, 0) is 49.4 Å². The minimum atomic E-state index is -0.137. The van der Waals surface area contributed by atoms with Gasteiger partial charge in [0.05, 0.1) is 31.5 Å². The number of esters is 1. The van der Waals surface area contributed by atoms with Crippen LogP contribution in [0.2, 0.25) is 0 Å². The van der Waals surface area contributed by atoms with E-state index in [9.17, 15) is 4.79 Å². The van der Waals surface area contributed by atoms with Crippen LogP contribution in [-0.4, -0.2) is 37.7 Å². The Morgan fingerprint density at radius 3 is 2.65 bits per heavy atom. The number of methoxy groups -OCH3 is 2. The van der Waals surface area contributed by atoms with E-state index in [4.69, 9.17) is 14.2 Å². The molecule has 0 fully saturated rings. The van der Waals surface area contributed by atoms with Gasteiger partial charge in [-0.1, -0.05) is 0 Å². The predicted octanol–water partition coefficient (Wildman–Crippen LogP) is 2.60. The van der Waals surface area contributed by atoms with E-state index < -0.39 is 0 Å². The standard InChI is InChI=1S/C18H21NO4/c1-10-17-12(18(20)23-10)4-5-14-13-9-16(22-3)15(21-2)8-11(13)6-7-19(14)17/h8-10,14H,4-7H2,1-3H3/t10-,14+/m1/s1. The zero-order valence-electron chi connectivity index (χ0n) is 13.7. The molecule has 2 atom stereocenters. The van der Waals surface area contributed by atoms with Gasteiger partial charge in [-0.3, -0.25) is 0 Å². The molecule has 3 aliphatic rings. The fourth-order valence-electron chi connectivity index (χ4n) is 4.18. The maximum atomic E-state index is 12.0. The molecule has 0 saturated heterocycles. The maximum absolute atomic E-state index is 12.0. The summed E-state index contributed by atoms with van der Waals surface area (Å²) in [4.78, 5) is 14.3. The van der Waals surface area contributed by atoms with E-state index in [2.05, 4.69) is 17.0 Å². The average molecular weight is 315 g/mol. The molecule has 0 aromatic heterocycles. The highest BCUT2D eigenvalue weighted by Gasteiger charge is 2.42. The number of fused-ring (bicyclic) bond motifs is 4.